The van der Waals surface area contributed by atoms with Crippen molar-refractivity contribution in [1.82, 2.24) is 0 Å². The molecule has 0 radical (unpaired) electrons. The molecular formula is C14H12N2O2. The quantitative estimate of drug-likeness (QED) is 0.769. The number of carbonyl (C=O) groups is 1. The van der Waals surface area contributed by atoms with Crippen LogP contribution in [0, 0.1) is 5.92 Å². The minimum atomic E-state index is -0.969. The van der Waals surface area contributed by atoms with Crippen LogP contribution in [0.1, 0.15) is 12.8 Å². The molecule has 1 atom stereocenters. The number of nitrogens with zero attached hydrogens (tertiary/aromatic N) is 2. The fourth-order valence-corrected chi connectivity index (χ4v) is 2.59. The van der Waals surface area contributed by atoms with Crippen molar-refractivity contribution in [3.05, 3.63) is 47.7 Å². The van der Waals surface area contributed by atoms with Crippen LogP contribution in [0.3, 0.4) is 0 Å². The number of hydrogen-bond donors (Lipinski definition) is 1. The molecule has 2 heterocycles. The van der Waals surface area contributed by atoms with Crippen molar-refractivity contribution in [1.29, 1.82) is 0 Å². The first-order valence-corrected chi connectivity index (χ1v) is 5.84. The molecule has 0 bridgehead atoms. The summed E-state index contributed by atoms with van der Waals surface area (Å²) in [6, 6.07) is 0. The number of hydrogen-bond acceptors (Lipinski definition) is 3. The van der Waals surface area contributed by atoms with Crippen LogP contribution in [-0.4, -0.2) is 22.6 Å². The van der Waals surface area contributed by atoms with Gasteiger partial charge in [0.25, 0.3) is 0 Å². The van der Waals surface area contributed by atoms with Gasteiger partial charge in [0.05, 0.1) is 5.70 Å². The van der Waals surface area contributed by atoms with E-state index in [-0.39, 0.29) is 11.6 Å². The molecule has 0 aromatic rings. The molecule has 2 aliphatic heterocycles. The van der Waals surface area contributed by atoms with Gasteiger partial charge in [-0.15, -0.1) is 6.58 Å². The van der Waals surface area contributed by atoms with Gasteiger partial charge >= 0.3 is 5.97 Å². The highest BCUT2D eigenvalue weighted by atomic mass is 16.4. The molecule has 1 unspecified atom stereocenters. The van der Waals surface area contributed by atoms with E-state index in [9.17, 15) is 9.90 Å². The van der Waals surface area contributed by atoms with Crippen molar-refractivity contribution in [2.24, 2.45) is 15.9 Å². The van der Waals surface area contributed by atoms with Crippen molar-refractivity contribution in [2.75, 3.05) is 0 Å². The highest BCUT2D eigenvalue weighted by Crippen LogP contribution is 2.40. The fraction of sp³-hybridized carbons (Fsp3) is 0.214. The number of allylic oxidation sites excluding steroid dienone is 5. The zero-order valence-corrected chi connectivity index (χ0v) is 9.76. The maximum Gasteiger partial charge on any atom is 0.350 e. The van der Waals surface area contributed by atoms with E-state index in [4.69, 9.17) is 0 Å². The third-order valence-electron chi connectivity index (χ3n) is 3.34. The Labute approximate surface area is 104 Å². The van der Waals surface area contributed by atoms with Gasteiger partial charge < -0.3 is 5.11 Å². The molecule has 0 aromatic carbocycles. The Bertz CT molecular complexity index is 603. The molecule has 0 aromatic heterocycles. The zero-order valence-electron chi connectivity index (χ0n) is 9.76. The van der Waals surface area contributed by atoms with E-state index in [1.165, 1.54) is 0 Å². The van der Waals surface area contributed by atoms with Crippen molar-refractivity contribution in [3.63, 3.8) is 0 Å². The van der Waals surface area contributed by atoms with Gasteiger partial charge in [0, 0.05) is 11.5 Å². The summed E-state index contributed by atoms with van der Waals surface area (Å²) in [6.07, 6.45) is 9.07. The van der Waals surface area contributed by atoms with Crippen LogP contribution in [0.5, 0.6) is 0 Å². The minimum Gasteiger partial charge on any atom is -0.477 e. The van der Waals surface area contributed by atoms with Gasteiger partial charge in [-0.25, -0.2) is 14.8 Å². The van der Waals surface area contributed by atoms with Gasteiger partial charge in [0.2, 0.25) is 0 Å². The average Bonchev–Trinajstić information content (AvgIpc) is 2.86. The Morgan fingerprint density at radius 3 is 3.11 bits per heavy atom. The molecule has 1 N–H and O–H groups in total. The number of carboxylic acid groups (broad SMARTS) is 1. The summed E-state index contributed by atoms with van der Waals surface area (Å²) in [5, 5.41) is 9.19. The summed E-state index contributed by atoms with van der Waals surface area (Å²) >= 11 is 0. The van der Waals surface area contributed by atoms with E-state index in [0.717, 1.165) is 23.3 Å². The Kier molecular flexibility index (Phi) is 2.37. The third-order valence-corrected chi connectivity index (χ3v) is 3.34. The summed E-state index contributed by atoms with van der Waals surface area (Å²) in [5.74, 6) is -0.598. The second-order valence-corrected chi connectivity index (χ2v) is 4.39. The van der Waals surface area contributed by atoms with Gasteiger partial charge in [-0.2, -0.15) is 0 Å². The lowest BCUT2D eigenvalue weighted by Crippen LogP contribution is -2.21. The first-order valence-electron chi connectivity index (χ1n) is 5.84. The molecule has 0 fully saturated rings. The maximum absolute atomic E-state index is 11.2. The number of aliphatic carboxylic acids is 1. The number of carboxylic acids is 1. The highest BCUT2D eigenvalue weighted by molar-refractivity contribution is 6.43. The van der Waals surface area contributed by atoms with Crippen LogP contribution < -0.4 is 0 Å². The first-order chi connectivity index (χ1) is 8.72. The summed E-state index contributed by atoms with van der Waals surface area (Å²) in [4.78, 5) is 19.8. The lowest BCUT2D eigenvalue weighted by Gasteiger charge is -2.13. The van der Waals surface area contributed by atoms with Gasteiger partial charge in [-0.05, 0) is 24.5 Å². The van der Waals surface area contributed by atoms with Crippen molar-refractivity contribution >= 4 is 17.5 Å². The van der Waals surface area contributed by atoms with Crippen LogP contribution in [0.15, 0.2) is 57.7 Å². The number of rotatable bonds is 3. The van der Waals surface area contributed by atoms with E-state index in [1.807, 2.05) is 18.2 Å². The topological polar surface area (TPSA) is 62.0 Å². The van der Waals surface area contributed by atoms with E-state index >= 15 is 0 Å². The fourth-order valence-electron chi connectivity index (χ4n) is 2.59. The minimum absolute atomic E-state index is 0.185. The molecule has 18 heavy (non-hydrogen) atoms. The summed E-state index contributed by atoms with van der Waals surface area (Å²) < 4.78 is 0. The highest BCUT2D eigenvalue weighted by Gasteiger charge is 2.39. The van der Waals surface area contributed by atoms with Crippen LogP contribution in [0.4, 0.5) is 0 Å². The van der Waals surface area contributed by atoms with Gasteiger partial charge in [0.15, 0.2) is 5.84 Å². The van der Waals surface area contributed by atoms with Crippen LogP contribution >= 0.6 is 0 Å². The molecule has 4 heteroatoms. The maximum atomic E-state index is 11.2. The Morgan fingerprint density at radius 1 is 1.56 bits per heavy atom. The lowest BCUT2D eigenvalue weighted by atomic mass is 9.87. The zero-order chi connectivity index (χ0) is 12.7. The van der Waals surface area contributed by atoms with Crippen molar-refractivity contribution in [3.8, 4) is 0 Å². The van der Waals surface area contributed by atoms with Crippen LogP contribution in [0.25, 0.3) is 0 Å². The Morgan fingerprint density at radius 2 is 2.39 bits per heavy atom. The lowest BCUT2D eigenvalue weighted by molar-refractivity contribution is -0.129. The molecule has 90 valence electrons. The number of aliphatic imine (C=N–C) groups is 2. The number of amidine groups is 1. The molecule has 3 aliphatic rings. The molecule has 3 rings (SSSR count). The monoisotopic (exact) mass is 240 g/mol. The smallest absolute Gasteiger partial charge is 0.350 e. The van der Waals surface area contributed by atoms with Crippen molar-refractivity contribution < 1.29 is 9.90 Å². The van der Waals surface area contributed by atoms with E-state index in [0.29, 0.717) is 12.3 Å². The van der Waals surface area contributed by atoms with Crippen molar-refractivity contribution in [2.45, 2.75) is 12.8 Å². The Hall–Kier alpha value is -2.23. The SMILES string of the molecule is C=CCC1C(C(=O)O)=NC2=NC3=CC=CCC3=C21. The average molecular weight is 240 g/mol. The molecular weight excluding hydrogens is 228 g/mol. The predicted molar refractivity (Wildman–Crippen MR) is 69.7 cm³/mol. The standard InChI is InChI=1S/C14H12N2O2/c1-2-5-9-11-8-6-3-4-7-10(8)15-13(11)16-12(9)14(17)18/h2-4,7,9H,1,5-6H2,(H,17,18). The van der Waals surface area contributed by atoms with E-state index < -0.39 is 5.97 Å². The van der Waals surface area contributed by atoms with Crippen LogP contribution in [0.2, 0.25) is 0 Å². The second kappa shape index (κ2) is 3.91. The summed E-state index contributed by atoms with van der Waals surface area (Å²) in [7, 11) is 0. The largest absolute Gasteiger partial charge is 0.477 e. The van der Waals surface area contributed by atoms with Crippen LogP contribution in [-0.2, 0) is 4.79 Å². The third kappa shape index (κ3) is 1.42. The molecule has 1 aliphatic carbocycles. The van der Waals surface area contributed by atoms with Gasteiger partial charge in [0.1, 0.15) is 5.71 Å². The normalized spacial score (nSPS) is 24.2. The molecule has 4 nitrogen and oxygen atoms in total. The second-order valence-electron chi connectivity index (χ2n) is 4.39. The summed E-state index contributed by atoms with van der Waals surface area (Å²) in [6.45, 7) is 3.70. The molecule has 0 saturated heterocycles. The van der Waals surface area contributed by atoms with E-state index in [1.54, 1.807) is 6.08 Å². The molecule has 0 saturated carbocycles. The van der Waals surface area contributed by atoms with Gasteiger partial charge in [-0.3, -0.25) is 0 Å². The summed E-state index contributed by atoms with van der Waals surface area (Å²) in [5.41, 5.74) is 3.19. The Balaban J connectivity index is 2.12. The predicted octanol–water partition coefficient (Wildman–Crippen LogP) is 2.27. The first kappa shape index (κ1) is 10.9. The molecule has 0 spiro atoms. The molecule has 0 amide bonds. The van der Waals surface area contributed by atoms with Gasteiger partial charge in [-0.1, -0.05) is 18.2 Å². The number of fused-ring (bicyclic) bond motifs is 2. The van der Waals surface area contributed by atoms with E-state index in [2.05, 4.69) is 16.6 Å².